The average molecular weight is 278 g/mol. The molecule has 2 rings (SSSR count). The Hall–Kier alpha value is -1.95. The number of carbonyl (C=O) groups is 1. The van der Waals surface area contributed by atoms with Crippen molar-refractivity contribution in [3.63, 3.8) is 0 Å². The molecule has 100 valence electrons. The summed E-state index contributed by atoms with van der Waals surface area (Å²) in [5.74, 6) is -0.419. The van der Waals surface area contributed by atoms with Crippen molar-refractivity contribution in [1.29, 1.82) is 0 Å². The van der Waals surface area contributed by atoms with Crippen LogP contribution in [-0.2, 0) is 7.05 Å². The van der Waals surface area contributed by atoms with E-state index in [9.17, 15) is 9.90 Å². The van der Waals surface area contributed by atoms with Gasteiger partial charge in [-0.05, 0) is 18.4 Å². The van der Waals surface area contributed by atoms with Crippen LogP contribution in [-0.4, -0.2) is 34.0 Å². The molecule has 1 aromatic carbocycles. The molecule has 1 aromatic heterocycles. The summed E-state index contributed by atoms with van der Waals surface area (Å²) in [7, 11) is 3.36. The Balaban J connectivity index is 2.73. The molecule has 0 saturated carbocycles. The normalized spacial score (nSPS) is 10.5. The van der Waals surface area contributed by atoms with Crippen LogP contribution in [0.2, 0.25) is 0 Å². The zero-order chi connectivity index (χ0) is 14.0. The zero-order valence-electron chi connectivity index (χ0n) is 10.9. The molecule has 0 atom stereocenters. The monoisotopic (exact) mass is 278 g/mol. The Morgan fingerprint density at radius 3 is 2.68 bits per heavy atom. The maximum Gasteiger partial charge on any atom is 0.356 e. The van der Waals surface area contributed by atoms with E-state index in [2.05, 4.69) is 4.98 Å². The molecule has 2 aromatic rings. The molecule has 6 heteroatoms. The lowest BCUT2D eigenvalue weighted by Crippen LogP contribution is -2.02. The number of aromatic nitrogens is 2. The van der Waals surface area contributed by atoms with Gasteiger partial charge in [-0.2, -0.15) is 0 Å². The topological polar surface area (TPSA) is 64.3 Å². The van der Waals surface area contributed by atoms with E-state index in [1.807, 2.05) is 24.5 Å². The standard InChI is InChI=1S/C13H14N2O3S/c1-15-11(8-6-4-5-7-9(8)18-2)10(12(16)17)14-13(15)19-3/h4-7H,1-3H3,(H,16,17). The minimum atomic E-state index is -1.04. The van der Waals surface area contributed by atoms with Gasteiger partial charge in [0.25, 0.3) is 0 Å². The van der Waals surface area contributed by atoms with Gasteiger partial charge in [0.15, 0.2) is 10.9 Å². The number of ether oxygens (including phenoxy) is 1. The molecule has 1 N–H and O–H groups in total. The fraction of sp³-hybridized carbons (Fsp3) is 0.231. The predicted molar refractivity (Wildman–Crippen MR) is 73.9 cm³/mol. The maximum absolute atomic E-state index is 11.4. The largest absolute Gasteiger partial charge is 0.496 e. The van der Waals surface area contributed by atoms with Crippen LogP contribution >= 0.6 is 11.8 Å². The van der Waals surface area contributed by atoms with Crippen molar-refractivity contribution >= 4 is 17.7 Å². The van der Waals surface area contributed by atoms with E-state index in [4.69, 9.17) is 4.74 Å². The lowest BCUT2D eigenvalue weighted by Gasteiger charge is -2.10. The first-order chi connectivity index (χ1) is 9.10. The molecule has 1 heterocycles. The lowest BCUT2D eigenvalue weighted by molar-refractivity contribution is 0.0691. The highest BCUT2D eigenvalue weighted by molar-refractivity contribution is 7.98. The zero-order valence-corrected chi connectivity index (χ0v) is 11.7. The predicted octanol–water partition coefficient (Wildman–Crippen LogP) is 2.52. The summed E-state index contributed by atoms with van der Waals surface area (Å²) >= 11 is 1.40. The number of hydrogen-bond donors (Lipinski definition) is 1. The van der Waals surface area contributed by atoms with Crippen LogP contribution < -0.4 is 4.74 Å². The van der Waals surface area contributed by atoms with E-state index in [-0.39, 0.29) is 5.69 Å². The highest BCUT2D eigenvalue weighted by Gasteiger charge is 2.23. The fourth-order valence-corrected chi connectivity index (χ4v) is 2.51. The van der Waals surface area contributed by atoms with Crippen LogP contribution in [0.3, 0.4) is 0 Å². The van der Waals surface area contributed by atoms with Gasteiger partial charge >= 0.3 is 5.97 Å². The van der Waals surface area contributed by atoms with Crippen molar-refractivity contribution in [2.24, 2.45) is 7.05 Å². The van der Waals surface area contributed by atoms with E-state index < -0.39 is 5.97 Å². The summed E-state index contributed by atoms with van der Waals surface area (Å²) in [4.78, 5) is 15.5. The molecule has 0 aliphatic rings. The molecule has 0 radical (unpaired) electrons. The second-order valence-electron chi connectivity index (χ2n) is 3.86. The first kappa shape index (κ1) is 13.5. The highest BCUT2D eigenvalue weighted by atomic mass is 32.2. The van der Waals surface area contributed by atoms with Crippen LogP contribution in [0.5, 0.6) is 5.75 Å². The number of hydrogen-bond acceptors (Lipinski definition) is 4. The Morgan fingerprint density at radius 1 is 1.42 bits per heavy atom. The number of thioether (sulfide) groups is 1. The van der Waals surface area contributed by atoms with Gasteiger partial charge in [0.2, 0.25) is 0 Å². The SMILES string of the molecule is COc1ccccc1-c1c(C(=O)O)nc(SC)n1C. The molecule has 0 unspecified atom stereocenters. The minimum absolute atomic E-state index is 0.0383. The summed E-state index contributed by atoms with van der Waals surface area (Å²) < 4.78 is 7.06. The Morgan fingerprint density at radius 2 is 2.11 bits per heavy atom. The van der Waals surface area contributed by atoms with Crippen molar-refractivity contribution in [1.82, 2.24) is 9.55 Å². The first-order valence-corrected chi connectivity index (χ1v) is 6.80. The summed E-state index contributed by atoms with van der Waals surface area (Å²) in [6.45, 7) is 0. The molecule has 19 heavy (non-hydrogen) atoms. The molecular weight excluding hydrogens is 264 g/mol. The van der Waals surface area contributed by atoms with Gasteiger partial charge in [-0.3, -0.25) is 0 Å². The molecule has 0 fully saturated rings. The van der Waals surface area contributed by atoms with Crippen molar-refractivity contribution in [3.8, 4) is 17.0 Å². The van der Waals surface area contributed by atoms with Gasteiger partial charge in [0.05, 0.1) is 12.8 Å². The molecule has 0 bridgehead atoms. The number of para-hydroxylation sites is 1. The third kappa shape index (κ3) is 2.31. The van der Waals surface area contributed by atoms with Gasteiger partial charge in [0, 0.05) is 12.6 Å². The van der Waals surface area contributed by atoms with Crippen molar-refractivity contribution < 1.29 is 14.6 Å². The summed E-state index contributed by atoms with van der Waals surface area (Å²) in [5.41, 5.74) is 1.31. The lowest BCUT2D eigenvalue weighted by atomic mass is 10.1. The number of benzene rings is 1. The second kappa shape index (κ2) is 5.36. The molecule has 0 saturated heterocycles. The summed E-state index contributed by atoms with van der Waals surface area (Å²) in [6, 6.07) is 7.31. The smallest absolute Gasteiger partial charge is 0.356 e. The van der Waals surface area contributed by atoms with Gasteiger partial charge < -0.3 is 14.4 Å². The first-order valence-electron chi connectivity index (χ1n) is 5.57. The second-order valence-corrected chi connectivity index (χ2v) is 4.63. The van der Waals surface area contributed by atoms with E-state index in [1.165, 1.54) is 11.8 Å². The Kier molecular flexibility index (Phi) is 3.80. The van der Waals surface area contributed by atoms with Gasteiger partial charge in [-0.1, -0.05) is 23.9 Å². The number of rotatable bonds is 4. The maximum atomic E-state index is 11.4. The number of methoxy groups -OCH3 is 1. The van der Waals surface area contributed by atoms with Gasteiger partial charge in [-0.25, -0.2) is 9.78 Å². The van der Waals surface area contributed by atoms with Crippen molar-refractivity contribution in [2.45, 2.75) is 5.16 Å². The highest BCUT2D eigenvalue weighted by Crippen LogP contribution is 2.34. The minimum Gasteiger partial charge on any atom is -0.496 e. The molecular formula is C13H14N2O3S. The number of carboxylic acid groups (broad SMARTS) is 1. The van der Waals surface area contributed by atoms with Gasteiger partial charge in [0.1, 0.15) is 5.75 Å². The van der Waals surface area contributed by atoms with Crippen molar-refractivity contribution in [3.05, 3.63) is 30.0 Å². The summed E-state index contributed by atoms with van der Waals surface area (Å²) in [5, 5.41) is 9.95. The van der Waals surface area contributed by atoms with E-state index in [0.717, 1.165) is 5.56 Å². The summed E-state index contributed by atoms with van der Waals surface area (Å²) in [6.07, 6.45) is 1.86. The van der Waals surface area contributed by atoms with Crippen LogP contribution in [0, 0.1) is 0 Å². The fourth-order valence-electron chi connectivity index (χ4n) is 1.96. The van der Waals surface area contributed by atoms with Crippen molar-refractivity contribution in [2.75, 3.05) is 13.4 Å². The van der Waals surface area contributed by atoms with Crippen LogP contribution in [0.25, 0.3) is 11.3 Å². The quantitative estimate of drug-likeness (QED) is 0.871. The number of nitrogens with zero attached hydrogens (tertiary/aromatic N) is 2. The van der Waals surface area contributed by atoms with Gasteiger partial charge in [-0.15, -0.1) is 0 Å². The molecule has 0 amide bonds. The third-order valence-corrected chi connectivity index (χ3v) is 3.53. The third-order valence-electron chi connectivity index (χ3n) is 2.80. The number of aromatic carboxylic acids is 1. The van der Waals surface area contributed by atoms with E-state index >= 15 is 0 Å². The average Bonchev–Trinajstić information content (AvgIpc) is 2.75. The number of carboxylic acids is 1. The molecule has 0 aliphatic carbocycles. The molecule has 5 nitrogen and oxygen atoms in total. The number of imidazole rings is 1. The van der Waals surface area contributed by atoms with Crippen LogP contribution in [0.4, 0.5) is 0 Å². The molecule has 0 spiro atoms. The van der Waals surface area contributed by atoms with Crippen LogP contribution in [0.1, 0.15) is 10.5 Å². The van der Waals surface area contributed by atoms with E-state index in [0.29, 0.717) is 16.6 Å². The Labute approximate surface area is 115 Å². The van der Waals surface area contributed by atoms with E-state index in [1.54, 1.807) is 24.8 Å². The molecule has 0 aliphatic heterocycles. The van der Waals surface area contributed by atoms with Crippen LogP contribution in [0.15, 0.2) is 29.4 Å². The Bertz CT molecular complexity index is 622.